The zero-order chi connectivity index (χ0) is 15.2. The van der Waals surface area contributed by atoms with E-state index in [4.69, 9.17) is 5.11 Å². The van der Waals surface area contributed by atoms with E-state index in [9.17, 15) is 13.2 Å². The Bertz CT molecular complexity index is 664. The van der Waals surface area contributed by atoms with Crippen molar-refractivity contribution in [3.63, 3.8) is 0 Å². The van der Waals surface area contributed by atoms with Gasteiger partial charge in [0.05, 0.1) is 4.90 Å². The maximum Gasteiger partial charge on any atom is 0.345 e. The summed E-state index contributed by atoms with van der Waals surface area (Å²) in [5, 5.41) is 8.96. The molecule has 3 rings (SSSR count). The Morgan fingerprint density at radius 2 is 2.14 bits per heavy atom. The lowest BCUT2D eigenvalue weighted by Gasteiger charge is -2.15. The summed E-state index contributed by atoms with van der Waals surface area (Å²) in [5.41, 5.74) is 0. The van der Waals surface area contributed by atoms with Crippen molar-refractivity contribution in [3.05, 3.63) is 15.8 Å². The molecule has 8 heteroatoms. The van der Waals surface area contributed by atoms with E-state index < -0.39 is 16.0 Å². The first-order valence-corrected chi connectivity index (χ1v) is 9.27. The second kappa shape index (κ2) is 5.35. The number of hydrogen-bond donors (Lipinski definition) is 2. The Balaban J connectivity index is 1.73. The summed E-state index contributed by atoms with van der Waals surface area (Å²) in [6.07, 6.45) is 3.24. The van der Waals surface area contributed by atoms with E-state index in [2.05, 4.69) is 9.62 Å². The molecule has 1 aromatic heterocycles. The molecule has 116 valence electrons. The van der Waals surface area contributed by atoms with Crippen LogP contribution in [0.3, 0.4) is 0 Å². The highest BCUT2D eigenvalue weighted by Gasteiger charge is 2.36. The average Bonchev–Trinajstić information content (AvgIpc) is 3.01. The molecule has 2 N–H and O–H groups in total. The predicted molar refractivity (Wildman–Crippen MR) is 79.3 cm³/mol. The molecule has 1 unspecified atom stereocenters. The lowest BCUT2D eigenvalue weighted by molar-refractivity contribution is 0.0702. The van der Waals surface area contributed by atoms with Gasteiger partial charge >= 0.3 is 5.97 Å². The van der Waals surface area contributed by atoms with E-state index >= 15 is 0 Å². The Morgan fingerprint density at radius 3 is 2.71 bits per heavy atom. The first-order valence-electron chi connectivity index (χ1n) is 6.97. The van der Waals surface area contributed by atoms with Crippen molar-refractivity contribution >= 4 is 27.3 Å². The van der Waals surface area contributed by atoms with Gasteiger partial charge in [-0.15, -0.1) is 11.3 Å². The highest BCUT2D eigenvalue weighted by Crippen LogP contribution is 2.31. The number of aromatic carboxylic acids is 1. The van der Waals surface area contributed by atoms with Crippen molar-refractivity contribution < 1.29 is 18.3 Å². The van der Waals surface area contributed by atoms with Gasteiger partial charge in [-0.25, -0.2) is 17.9 Å². The minimum atomic E-state index is -3.65. The zero-order valence-corrected chi connectivity index (χ0v) is 13.3. The van der Waals surface area contributed by atoms with Gasteiger partial charge in [-0.3, -0.25) is 4.90 Å². The van der Waals surface area contributed by atoms with Gasteiger partial charge in [-0.2, -0.15) is 0 Å². The van der Waals surface area contributed by atoms with Crippen LogP contribution in [0.5, 0.6) is 0 Å². The van der Waals surface area contributed by atoms with Crippen LogP contribution < -0.4 is 4.72 Å². The van der Waals surface area contributed by atoms with E-state index in [1.54, 1.807) is 6.92 Å². The summed E-state index contributed by atoms with van der Waals surface area (Å²) in [4.78, 5) is 13.9. The molecule has 1 aromatic rings. The van der Waals surface area contributed by atoms with Crippen LogP contribution in [0, 0.1) is 6.92 Å². The SMILES string of the molecule is Cc1sc(C(=O)O)cc1S(=O)(=O)NC1CCN(C2CC2)C1. The molecular formula is C13H18N2O4S2. The summed E-state index contributed by atoms with van der Waals surface area (Å²) < 4.78 is 27.6. The van der Waals surface area contributed by atoms with E-state index in [0.29, 0.717) is 10.9 Å². The highest BCUT2D eigenvalue weighted by molar-refractivity contribution is 7.89. The molecule has 6 nitrogen and oxygen atoms in total. The van der Waals surface area contributed by atoms with Crippen LogP contribution in [-0.4, -0.2) is 49.6 Å². The number of thiophene rings is 1. The van der Waals surface area contributed by atoms with Gasteiger partial charge in [0, 0.05) is 30.1 Å². The van der Waals surface area contributed by atoms with Crippen LogP contribution in [-0.2, 0) is 10.0 Å². The maximum absolute atomic E-state index is 12.4. The van der Waals surface area contributed by atoms with Crippen LogP contribution in [0.25, 0.3) is 0 Å². The molecule has 0 bridgehead atoms. The fraction of sp³-hybridized carbons (Fsp3) is 0.615. The molecule has 0 radical (unpaired) electrons. The minimum absolute atomic E-state index is 0.0545. The molecule has 2 aliphatic rings. The lowest BCUT2D eigenvalue weighted by atomic mass is 10.3. The Kier molecular flexibility index (Phi) is 3.81. The largest absolute Gasteiger partial charge is 0.477 e. The fourth-order valence-corrected chi connectivity index (χ4v) is 5.47. The van der Waals surface area contributed by atoms with Crippen molar-refractivity contribution in [2.45, 2.75) is 43.2 Å². The van der Waals surface area contributed by atoms with Gasteiger partial charge < -0.3 is 5.11 Å². The number of rotatable bonds is 5. The topological polar surface area (TPSA) is 86.7 Å². The third-order valence-electron chi connectivity index (χ3n) is 3.98. The number of nitrogens with one attached hydrogen (secondary N) is 1. The molecule has 1 saturated carbocycles. The van der Waals surface area contributed by atoms with Crippen LogP contribution >= 0.6 is 11.3 Å². The number of nitrogens with zero attached hydrogens (tertiary/aromatic N) is 1. The van der Waals surface area contributed by atoms with Crippen molar-refractivity contribution in [2.75, 3.05) is 13.1 Å². The normalized spacial score (nSPS) is 23.6. The van der Waals surface area contributed by atoms with E-state index in [1.165, 1.54) is 18.9 Å². The standard InChI is InChI=1S/C13H18N2O4S2/c1-8-12(6-11(20-8)13(16)17)21(18,19)14-9-4-5-15(7-9)10-2-3-10/h6,9-10,14H,2-5,7H2,1H3,(H,16,17). The number of likely N-dealkylation sites (tertiary alicyclic amines) is 1. The second-order valence-corrected chi connectivity index (χ2v) is 8.61. The molecule has 1 aliphatic carbocycles. The van der Waals surface area contributed by atoms with Gasteiger partial charge in [0.25, 0.3) is 0 Å². The second-order valence-electron chi connectivity index (χ2n) is 5.67. The molecular weight excluding hydrogens is 312 g/mol. The number of carboxylic acid groups (broad SMARTS) is 1. The number of hydrogen-bond acceptors (Lipinski definition) is 5. The van der Waals surface area contributed by atoms with Crippen LogP contribution in [0.4, 0.5) is 0 Å². The third kappa shape index (κ3) is 3.13. The summed E-state index contributed by atoms with van der Waals surface area (Å²) in [5.74, 6) is -1.09. The molecule has 2 fully saturated rings. The molecule has 0 spiro atoms. The van der Waals surface area contributed by atoms with Crippen LogP contribution in [0.15, 0.2) is 11.0 Å². The Labute approximate surface area is 127 Å². The summed E-state index contributed by atoms with van der Waals surface area (Å²) >= 11 is 0.994. The van der Waals surface area contributed by atoms with Crippen LogP contribution in [0.2, 0.25) is 0 Å². The average molecular weight is 330 g/mol. The van der Waals surface area contributed by atoms with Crippen molar-refractivity contribution in [1.82, 2.24) is 9.62 Å². The molecule has 0 amide bonds. The first kappa shape index (κ1) is 15.0. The van der Waals surface area contributed by atoms with E-state index in [0.717, 1.165) is 30.8 Å². The third-order valence-corrected chi connectivity index (χ3v) is 6.79. The summed E-state index contributed by atoms with van der Waals surface area (Å²) in [7, 11) is -3.65. The maximum atomic E-state index is 12.4. The smallest absolute Gasteiger partial charge is 0.345 e. The van der Waals surface area contributed by atoms with Crippen molar-refractivity contribution in [1.29, 1.82) is 0 Å². The van der Waals surface area contributed by atoms with Gasteiger partial charge in [0.15, 0.2) is 0 Å². The minimum Gasteiger partial charge on any atom is -0.477 e. The first-order chi connectivity index (χ1) is 9.87. The van der Waals surface area contributed by atoms with E-state index in [-0.39, 0.29) is 15.8 Å². The highest BCUT2D eigenvalue weighted by atomic mass is 32.2. The molecule has 1 atom stereocenters. The number of aryl methyl sites for hydroxylation is 1. The fourth-order valence-electron chi connectivity index (χ4n) is 2.78. The number of sulfonamides is 1. The molecule has 1 saturated heterocycles. The van der Waals surface area contributed by atoms with Gasteiger partial charge in [0.1, 0.15) is 4.88 Å². The zero-order valence-electron chi connectivity index (χ0n) is 11.7. The summed E-state index contributed by atoms with van der Waals surface area (Å²) in [6, 6.07) is 1.81. The van der Waals surface area contributed by atoms with Crippen molar-refractivity contribution in [2.24, 2.45) is 0 Å². The van der Waals surface area contributed by atoms with Gasteiger partial charge in [-0.05, 0) is 32.3 Å². The van der Waals surface area contributed by atoms with Gasteiger partial charge in [-0.1, -0.05) is 0 Å². The Morgan fingerprint density at radius 1 is 1.43 bits per heavy atom. The molecule has 2 heterocycles. The molecule has 1 aliphatic heterocycles. The quantitative estimate of drug-likeness (QED) is 0.849. The number of carboxylic acids is 1. The van der Waals surface area contributed by atoms with Crippen LogP contribution in [0.1, 0.15) is 33.8 Å². The molecule has 0 aromatic carbocycles. The lowest BCUT2D eigenvalue weighted by Crippen LogP contribution is -2.37. The van der Waals surface area contributed by atoms with Crippen molar-refractivity contribution in [3.8, 4) is 0 Å². The predicted octanol–water partition coefficient (Wildman–Crippen LogP) is 1.27. The monoisotopic (exact) mass is 330 g/mol. The number of carbonyl (C=O) groups is 1. The Hall–Kier alpha value is -0.960. The van der Waals surface area contributed by atoms with E-state index in [1.807, 2.05) is 0 Å². The summed E-state index contributed by atoms with van der Waals surface area (Å²) in [6.45, 7) is 3.32. The van der Waals surface area contributed by atoms with Gasteiger partial charge in [0.2, 0.25) is 10.0 Å². The molecule has 21 heavy (non-hydrogen) atoms.